The third-order valence-electron chi connectivity index (χ3n) is 3.32. The Morgan fingerprint density at radius 3 is 2.95 bits per heavy atom. The van der Waals surface area contributed by atoms with Crippen LogP contribution >= 0.6 is 11.6 Å². The number of hydrogen-bond donors (Lipinski definition) is 2. The van der Waals surface area contributed by atoms with Crippen LogP contribution in [0.1, 0.15) is 29.6 Å². The summed E-state index contributed by atoms with van der Waals surface area (Å²) in [6.45, 7) is 1.42. The van der Waals surface area contributed by atoms with E-state index in [0.717, 1.165) is 25.8 Å². The van der Waals surface area contributed by atoms with E-state index in [0.29, 0.717) is 6.54 Å². The smallest absolute Gasteiger partial charge is 0.283 e. The number of carbonyl (C=O) groups excluding carboxylic acids is 1. The minimum Gasteiger partial charge on any atom is -0.350 e. The highest BCUT2D eigenvalue weighted by Crippen LogP contribution is 2.23. The molecule has 0 saturated carbocycles. The molecular weight excluding hydrogens is 282 g/mol. The van der Waals surface area contributed by atoms with Crippen molar-refractivity contribution in [3.63, 3.8) is 0 Å². The maximum Gasteiger partial charge on any atom is 0.283 e. The highest BCUT2D eigenvalue weighted by Gasteiger charge is 2.21. The Balaban J connectivity index is 2.03. The van der Waals surface area contributed by atoms with E-state index in [-0.39, 0.29) is 22.3 Å². The molecule has 1 heterocycles. The number of halogens is 1. The van der Waals surface area contributed by atoms with Gasteiger partial charge in [-0.1, -0.05) is 18.0 Å². The van der Waals surface area contributed by atoms with Crippen LogP contribution in [0.5, 0.6) is 0 Å². The first-order valence-corrected chi connectivity index (χ1v) is 6.91. The van der Waals surface area contributed by atoms with E-state index in [2.05, 4.69) is 10.6 Å². The van der Waals surface area contributed by atoms with Gasteiger partial charge >= 0.3 is 0 Å². The summed E-state index contributed by atoms with van der Waals surface area (Å²) < 4.78 is 0. The zero-order valence-corrected chi connectivity index (χ0v) is 11.7. The summed E-state index contributed by atoms with van der Waals surface area (Å²) in [7, 11) is 0. The van der Waals surface area contributed by atoms with Gasteiger partial charge < -0.3 is 10.6 Å². The van der Waals surface area contributed by atoms with Crippen molar-refractivity contribution in [2.75, 3.05) is 13.1 Å². The van der Waals surface area contributed by atoms with Gasteiger partial charge in [-0.15, -0.1) is 0 Å². The van der Waals surface area contributed by atoms with E-state index in [9.17, 15) is 14.9 Å². The molecule has 7 heteroatoms. The summed E-state index contributed by atoms with van der Waals surface area (Å²) in [4.78, 5) is 22.4. The number of amides is 1. The van der Waals surface area contributed by atoms with E-state index in [1.54, 1.807) is 0 Å². The van der Waals surface area contributed by atoms with Gasteiger partial charge in [0, 0.05) is 23.7 Å². The van der Waals surface area contributed by atoms with Gasteiger partial charge in [-0.05, 0) is 31.5 Å². The lowest BCUT2D eigenvalue weighted by Gasteiger charge is -2.23. The summed E-state index contributed by atoms with van der Waals surface area (Å²) >= 11 is 5.72. The highest BCUT2D eigenvalue weighted by atomic mass is 35.5. The number of nitrogens with one attached hydrogen (secondary N) is 2. The number of hydrogen-bond acceptors (Lipinski definition) is 4. The van der Waals surface area contributed by atoms with Crippen LogP contribution in [0, 0.1) is 10.1 Å². The SMILES string of the molecule is O=C(NCC1CCCCN1)c1ccc(Cl)cc1[N+](=O)[O-]. The number of rotatable bonds is 4. The minimum absolute atomic E-state index is 0.0372. The van der Waals surface area contributed by atoms with Gasteiger partial charge in [-0.3, -0.25) is 14.9 Å². The van der Waals surface area contributed by atoms with Crippen molar-refractivity contribution in [1.82, 2.24) is 10.6 Å². The summed E-state index contributed by atoms with van der Waals surface area (Å²) in [5, 5.41) is 17.2. The highest BCUT2D eigenvalue weighted by molar-refractivity contribution is 6.31. The molecular formula is C13H16ClN3O3. The molecule has 0 radical (unpaired) electrons. The fourth-order valence-corrected chi connectivity index (χ4v) is 2.42. The second kappa shape index (κ2) is 6.67. The molecule has 0 aliphatic carbocycles. The Labute approximate surface area is 121 Å². The molecule has 1 fully saturated rings. The number of carbonyl (C=O) groups is 1. The standard InChI is InChI=1S/C13H16ClN3O3/c14-9-4-5-11(12(7-9)17(19)20)13(18)16-8-10-3-1-2-6-15-10/h4-5,7,10,15H,1-3,6,8H2,(H,16,18). The molecule has 1 aromatic carbocycles. The Morgan fingerprint density at radius 2 is 2.30 bits per heavy atom. The van der Waals surface area contributed by atoms with Gasteiger partial charge in [0.05, 0.1) is 4.92 Å². The molecule has 1 saturated heterocycles. The van der Waals surface area contributed by atoms with E-state index in [1.165, 1.54) is 18.2 Å². The molecule has 1 atom stereocenters. The molecule has 1 unspecified atom stereocenters. The quantitative estimate of drug-likeness (QED) is 0.658. The van der Waals surface area contributed by atoms with Crippen molar-refractivity contribution in [2.24, 2.45) is 0 Å². The van der Waals surface area contributed by atoms with Crippen molar-refractivity contribution in [1.29, 1.82) is 0 Å². The zero-order valence-electron chi connectivity index (χ0n) is 10.9. The average Bonchev–Trinajstić information content (AvgIpc) is 2.45. The fourth-order valence-electron chi connectivity index (χ4n) is 2.26. The molecule has 2 rings (SSSR count). The monoisotopic (exact) mass is 297 g/mol. The van der Waals surface area contributed by atoms with E-state index < -0.39 is 10.8 Å². The number of benzene rings is 1. The maximum absolute atomic E-state index is 12.0. The minimum atomic E-state index is -0.598. The Kier molecular flexibility index (Phi) is 4.92. The van der Waals surface area contributed by atoms with Crippen LogP contribution in [0.25, 0.3) is 0 Å². The van der Waals surface area contributed by atoms with Crippen LogP contribution < -0.4 is 10.6 Å². The molecule has 1 aliphatic rings. The largest absolute Gasteiger partial charge is 0.350 e. The topological polar surface area (TPSA) is 84.3 Å². The van der Waals surface area contributed by atoms with E-state index in [4.69, 9.17) is 11.6 Å². The molecule has 1 aliphatic heterocycles. The molecule has 0 bridgehead atoms. The number of piperidine rings is 1. The van der Waals surface area contributed by atoms with E-state index in [1.807, 2.05) is 0 Å². The predicted octanol–water partition coefficient (Wildman–Crippen LogP) is 2.12. The van der Waals surface area contributed by atoms with Crippen molar-refractivity contribution >= 4 is 23.2 Å². The van der Waals surface area contributed by atoms with Gasteiger partial charge in [-0.2, -0.15) is 0 Å². The van der Waals surface area contributed by atoms with Crippen LogP contribution in [0.3, 0.4) is 0 Å². The molecule has 20 heavy (non-hydrogen) atoms. The first-order chi connectivity index (χ1) is 9.58. The van der Waals surface area contributed by atoms with E-state index >= 15 is 0 Å². The first-order valence-electron chi connectivity index (χ1n) is 6.53. The van der Waals surface area contributed by atoms with Gasteiger partial charge in [-0.25, -0.2) is 0 Å². The van der Waals surface area contributed by atoms with Gasteiger partial charge in [0.15, 0.2) is 0 Å². The number of nitro benzene ring substituents is 1. The van der Waals surface area contributed by atoms with Crippen LogP contribution in [-0.2, 0) is 0 Å². The molecule has 6 nitrogen and oxygen atoms in total. The lowest BCUT2D eigenvalue weighted by molar-refractivity contribution is -0.385. The van der Waals surface area contributed by atoms with Crippen molar-refractivity contribution in [2.45, 2.75) is 25.3 Å². The summed E-state index contributed by atoms with van der Waals surface area (Å²) in [5.74, 6) is -0.444. The fraction of sp³-hybridized carbons (Fsp3) is 0.462. The summed E-state index contributed by atoms with van der Waals surface area (Å²) in [6.07, 6.45) is 3.28. The maximum atomic E-state index is 12.0. The number of nitro groups is 1. The number of nitrogens with zero attached hydrogens (tertiary/aromatic N) is 1. The normalized spacial score (nSPS) is 18.6. The molecule has 0 spiro atoms. The van der Waals surface area contributed by atoms with Gasteiger partial charge in [0.2, 0.25) is 0 Å². The van der Waals surface area contributed by atoms with Gasteiger partial charge in [0.1, 0.15) is 5.56 Å². The average molecular weight is 298 g/mol. The second-order valence-corrected chi connectivity index (χ2v) is 5.21. The first kappa shape index (κ1) is 14.7. The van der Waals surface area contributed by atoms with Crippen LogP contribution in [-0.4, -0.2) is 30.0 Å². The Bertz CT molecular complexity index is 516. The van der Waals surface area contributed by atoms with Crippen LogP contribution in [0.2, 0.25) is 5.02 Å². The molecule has 1 amide bonds. The molecule has 1 aromatic rings. The lowest BCUT2D eigenvalue weighted by atomic mass is 10.0. The lowest BCUT2D eigenvalue weighted by Crippen LogP contribution is -2.43. The van der Waals surface area contributed by atoms with Crippen molar-refractivity contribution < 1.29 is 9.72 Å². The Morgan fingerprint density at radius 1 is 1.50 bits per heavy atom. The molecule has 2 N–H and O–H groups in total. The third kappa shape index (κ3) is 3.68. The van der Waals surface area contributed by atoms with Crippen LogP contribution in [0.4, 0.5) is 5.69 Å². The van der Waals surface area contributed by atoms with Crippen molar-refractivity contribution in [3.8, 4) is 0 Å². The summed E-state index contributed by atoms with van der Waals surface area (Å²) in [6, 6.07) is 4.28. The molecule has 108 valence electrons. The third-order valence-corrected chi connectivity index (χ3v) is 3.56. The van der Waals surface area contributed by atoms with Crippen LogP contribution in [0.15, 0.2) is 18.2 Å². The van der Waals surface area contributed by atoms with Crippen molar-refractivity contribution in [3.05, 3.63) is 38.9 Å². The van der Waals surface area contributed by atoms with Gasteiger partial charge in [0.25, 0.3) is 11.6 Å². The zero-order chi connectivity index (χ0) is 14.5. The predicted molar refractivity (Wildman–Crippen MR) is 76.1 cm³/mol. The second-order valence-electron chi connectivity index (χ2n) is 4.78. The summed E-state index contributed by atoms with van der Waals surface area (Å²) in [5.41, 5.74) is -0.234. The Hall–Kier alpha value is -1.66. The molecule has 0 aromatic heterocycles.